The second kappa shape index (κ2) is 5.50. The lowest BCUT2D eigenvalue weighted by molar-refractivity contribution is 0.00645. The number of rotatable bonds is 6. The molecule has 2 nitrogen and oxygen atoms in total. The summed E-state index contributed by atoms with van der Waals surface area (Å²) in [5.74, 6) is 0.803. The Morgan fingerprint density at radius 3 is 2.62 bits per heavy atom. The largest absolute Gasteiger partial charge is 0.390 e. The number of hydrogen-bond acceptors (Lipinski definition) is 2. The highest BCUT2D eigenvalue weighted by atomic mass is 16.5. The molecule has 2 rings (SSSR count). The van der Waals surface area contributed by atoms with Gasteiger partial charge in [-0.3, -0.25) is 0 Å². The summed E-state index contributed by atoms with van der Waals surface area (Å²) in [7, 11) is 0. The highest BCUT2D eigenvalue weighted by Crippen LogP contribution is 2.35. The van der Waals surface area contributed by atoms with Gasteiger partial charge in [0.1, 0.15) is 0 Å². The normalized spacial score (nSPS) is 30.0. The maximum absolute atomic E-state index is 10.3. The number of ether oxygens (including phenoxy) is 1. The minimum Gasteiger partial charge on any atom is -0.390 e. The fourth-order valence-corrected chi connectivity index (χ4v) is 3.00. The summed E-state index contributed by atoms with van der Waals surface area (Å²) < 4.78 is 5.60. The van der Waals surface area contributed by atoms with Crippen LogP contribution in [0.15, 0.2) is 0 Å². The molecule has 0 radical (unpaired) electrons. The van der Waals surface area contributed by atoms with Crippen LogP contribution in [0.3, 0.4) is 0 Å². The molecule has 1 N–H and O–H groups in total. The molecular weight excluding hydrogens is 200 g/mol. The molecule has 2 aliphatic rings. The van der Waals surface area contributed by atoms with Crippen LogP contribution >= 0.6 is 0 Å². The SMILES string of the molecule is CC(O)(CCCC1CCCO1)CC1CCC1. The highest BCUT2D eigenvalue weighted by Gasteiger charge is 2.28. The third-order valence-electron chi connectivity index (χ3n) is 4.22. The topological polar surface area (TPSA) is 29.5 Å². The zero-order chi connectivity index (χ0) is 11.4. The first-order valence-corrected chi connectivity index (χ1v) is 7.00. The second-order valence-electron chi connectivity index (χ2n) is 6.03. The molecule has 1 aliphatic heterocycles. The molecular formula is C14H26O2. The van der Waals surface area contributed by atoms with Crippen LogP contribution in [-0.2, 0) is 4.74 Å². The Hall–Kier alpha value is -0.0800. The van der Waals surface area contributed by atoms with Crippen LogP contribution in [0.2, 0.25) is 0 Å². The standard InChI is InChI=1S/C14H26O2/c1-14(15,11-12-5-2-6-12)9-3-7-13-8-4-10-16-13/h12-13,15H,2-11H2,1H3. The summed E-state index contributed by atoms with van der Waals surface area (Å²) in [5, 5.41) is 10.3. The van der Waals surface area contributed by atoms with Crippen molar-refractivity contribution in [3.63, 3.8) is 0 Å². The van der Waals surface area contributed by atoms with E-state index in [1.807, 2.05) is 6.92 Å². The van der Waals surface area contributed by atoms with Crippen molar-refractivity contribution < 1.29 is 9.84 Å². The van der Waals surface area contributed by atoms with Gasteiger partial charge in [0.15, 0.2) is 0 Å². The molecule has 2 heteroatoms. The lowest BCUT2D eigenvalue weighted by atomic mass is 9.76. The van der Waals surface area contributed by atoms with Crippen molar-refractivity contribution >= 4 is 0 Å². The fraction of sp³-hybridized carbons (Fsp3) is 1.00. The van der Waals surface area contributed by atoms with Gasteiger partial charge in [-0.25, -0.2) is 0 Å². The molecule has 1 saturated carbocycles. The average Bonchev–Trinajstić information content (AvgIpc) is 2.64. The van der Waals surface area contributed by atoms with Gasteiger partial charge >= 0.3 is 0 Å². The number of aliphatic hydroxyl groups is 1. The summed E-state index contributed by atoms with van der Waals surface area (Å²) >= 11 is 0. The highest BCUT2D eigenvalue weighted by molar-refractivity contribution is 4.81. The quantitative estimate of drug-likeness (QED) is 0.753. The van der Waals surface area contributed by atoms with E-state index in [9.17, 15) is 5.11 Å². The maximum Gasteiger partial charge on any atom is 0.0622 e. The van der Waals surface area contributed by atoms with Crippen LogP contribution in [0.1, 0.15) is 64.7 Å². The van der Waals surface area contributed by atoms with Crippen LogP contribution in [0.4, 0.5) is 0 Å². The maximum atomic E-state index is 10.3. The Labute approximate surface area is 99.4 Å². The monoisotopic (exact) mass is 226 g/mol. The van der Waals surface area contributed by atoms with Crippen LogP contribution < -0.4 is 0 Å². The van der Waals surface area contributed by atoms with Gasteiger partial charge in [0.25, 0.3) is 0 Å². The Bertz CT molecular complexity index is 203. The van der Waals surface area contributed by atoms with Crippen molar-refractivity contribution in [2.75, 3.05) is 6.61 Å². The zero-order valence-corrected chi connectivity index (χ0v) is 10.6. The third-order valence-corrected chi connectivity index (χ3v) is 4.22. The molecule has 2 unspecified atom stereocenters. The van der Waals surface area contributed by atoms with Gasteiger partial charge in [-0.1, -0.05) is 19.3 Å². The van der Waals surface area contributed by atoms with Crippen LogP contribution in [0, 0.1) is 5.92 Å². The fourth-order valence-electron chi connectivity index (χ4n) is 3.00. The molecule has 0 amide bonds. The third kappa shape index (κ3) is 3.74. The summed E-state index contributed by atoms with van der Waals surface area (Å²) in [6.45, 7) is 2.96. The van der Waals surface area contributed by atoms with Gasteiger partial charge in [-0.2, -0.15) is 0 Å². The van der Waals surface area contributed by atoms with Gasteiger partial charge in [-0.15, -0.1) is 0 Å². The molecule has 0 aromatic heterocycles. The van der Waals surface area contributed by atoms with E-state index in [-0.39, 0.29) is 0 Å². The zero-order valence-electron chi connectivity index (χ0n) is 10.6. The Balaban J connectivity index is 1.59. The molecule has 0 aromatic carbocycles. The van der Waals surface area contributed by atoms with Crippen LogP contribution in [0.25, 0.3) is 0 Å². The second-order valence-corrected chi connectivity index (χ2v) is 6.03. The van der Waals surface area contributed by atoms with Gasteiger partial charge < -0.3 is 9.84 Å². The smallest absolute Gasteiger partial charge is 0.0622 e. The van der Waals surface area contributed by atoms with Crippen LogP contribution in [-0.4, -0.2) is 23.4 Å². The summed E-state index contributed by atoms with van der Waals surface area (Å²) in [4.78, 5) is 0. The molecule has 0 spiro atoms. The molecule has 16 heavy (non-hydrogen) atoms. The Morgan fingerprint density at radius 2 is 2.06 bits per heavy atom. The van der Waals surface area contributed by atoms with Gasteiger partial charge in [0.2, 0.25) is 0 Å². The van der Waals surface area contributed by atoms with Crippen molar-refractivity contribution in [3.8, 4) is 0 Å². The predicted octanol–water partition coefficient (Wildman–Crippen LogP) is 3.28. The first kappa shape index (κ1) is 12.4. The first-order chi connectivity index (χ1) is 7.66. The molecule has 1 heterocycles. The van der Waals surface area contributed by atoms with Crippen molar-refractivity contribution in [2.24, 2.45) is 5.92 Å². The van der Waals surface area contributed by atoms with Crippen molar-refractivity contribution in [1.29, 1.82) is 0 Å². The van der Waals surface area contributed by atoms with Crippen LogP contribution in [0.5, 0.6) is 0 Å². The average molecular weight is 226 g/mol. The van der Waals surface area contributed by atoms with E-state index in [2.05, 4.69) is 0 Å². The molecule has 0 bridgehead atoms. The summed E-state index contributed by atoms with van der Waals surface area (Å²) in [5.41, 5.74) is -0.427. The predicted molar refractivity (Wildman–Crippen MR) is 65.4 cm³/mol. The van der Waals surface area contributed by atoms with E-state index in [4.69, 9.17) is 4.74 Å². The molecule has 1 saturated heterocycles. The van der Waals surface area contributed by atoms with E-state index >= 15 is 0 Å². The lowest BCUT2D eigenvalue weighted by Crippen LogP contribution is -2.30. The van der Waals surface area contributed by atoms with Gasteiger partial charge in [0.05, 0.1) is 11.7 Å². The molecule has 2 fully saturated rings. The number of hydrogen-bond donors (Lipinski definition) is 1. The molecule has 94 valence electrons. The van der Waals surface area contributed by atoms with E-state index in [1.165, 1.54) is 32.1 Å². The minimum absolute atomic E-state index is 0.427. The summed E-state index contributed by atoms with van der Waals surface area (Å²) in [6.07, 6.45) is 11.2. The van der Waals surface area contributed by atoms with Crippen molar-refractivity contribution in [3.05, 3.63) is 0 Å². The van der Waals surface area contributed by atoms with E-state index in [0.717, 1.165) is 38.2 Å². The van der Waals surface area contributed by atoms with E-state index in [1.54, 1.807) is 0 Å². The Morgan fingerprint density at radius 1 is 1.25 bits per heavy atom. The van der Waals surface area contributed by atoms with Gasteiger partial charge in [0, 0.05) is 6.61 Å². The minimum atomic E-state index is -0.427. The molecule has 1 aliphatic carbocycles. The van der Waals surface area contributed by atoms with E-state index < -0.39 is 5.60 Å². The lowest BCUT2D eigenvalue weighted by Gasteiger charge is -2.33. The molecule has 2 atom stereocenters. The summed E-state index contributed by atoms with van der Waals surface area (Å²) in [6, 6.07) is 0. The van der Waals surface area contributed by atoms with Crippen molar-refractivity contribution in [1.82, 2.24) is 0 Å². The van der Waals surface area contributed by atoms with E-state index in [0.29, 0.717) is 6.10 Å². The Kier molecular flexibility index (Phi) is 4.26. The van der Waals surface area contributed by atoms with Gasteiger partial charge in [-0.05, 0) is 51.4 Å². The molecule has 0 aromatic rings. The first-order valence-electron chi connectivity index (χ1n) is 7.00. The van der Waals surface area contributed by atoms with Crippen molar-refractivity contribution in [2.45, 2.75) is 76.4 Å².